The summed E-state index contributed by atoms with van der Waals surface area (Å²) < 4.78 is 5.14. The molecule has 1 aliphatic rings. The van der Waals surface area contributed by atoms with Gasteiger partial charge in [-0.05, 0) is 29.8 Å². The van der Waals surface area contributed by atoms with E-state index in [-0.39, 0.29) is 16.5 Å². The normalized spacial score (nSPS) is 14.0. The van der Waals surface area contributed by atoms with Gasteiger partial charge in [0.1, 0.15) is 10.8 Å². The number of nitrogens with one attached hydrogen (secondary N) is 1. The second kappa shape index (κ2) is 7.01. The van der Waals surface area contributed by atoms with E-state index in [1.54, 1.807) is 48.5 Å². The number of halogens is 1. The summed E-state index contributed by atoms with van der Waals surface area (Å²) in [6.07, 6.45) is 0. The summed E-state index contributed by atoms with van der Waals surface area (Å²) in [6.45, 7) is 1.40. The lowest BCUT2D eigenvalue weighted by Gasteiger charge is -2.15. The average molecular weight is 371 g/mol. The number of anilines is 2. The number of nitrogens with zero attached hydrogens (tertiary/aromatic N) is 1. The Balaban J connectivity index is 1.95. The van der Waals surface area contributed by atoms with E-state index in [9.17, 15) is 14.4 Å². The van der Waals surface area contributed by atoms with E-state index < -0.39 is 11.8 Å². The molecule has 3 amide bonds. The van der Waals surface area contributed by atoms with E-state index in [0.29, 0.717) is 22.7 Å². The van der Waals surface area contributed by atoms with Crippen LogP contribution >= 0.6 is 11.6 Å². The molecule has 1 N–H and O–H groups in total. The summed E-state index contributed by atoms with van der Waals surface area (Å²) in [5, 5.41) is 2.49. The van der Waals surface area contributed by atoms with Gasteiger partial charge in [-0.3, -0.25) is 14.4 Å². The van der Waals surface area contributed by atoms with Gasteiger partial charge in [-0.25, -0.2) is 4.90 Å². The molecule has 0 saturated heterocycles. The molecule has 3 rings (SSSR count). The zero-order valence-electron chi connectivity index (χ0n) is 14.1. The fraction of sp³-hybridized carbons (Fsp3) is 0.105. The van der Waals surface area contributed by atoms with Gasteiger partial charge in [0.15, 0.2) is 0 Å². The summed E-state index contributed by atoms with van der Waals surface area (Å²) in [5.74, 6) is -0.787. The number of carbonyl (C=O) groups is 3. The van der Waals surface area contributed by atoms with Crippen LogP contribution in [-0.2, 0) is 14.4 Å². The van der Waals surface area contributed by atoms with Gasteiger partial charge >= 0.3 is 0 Å². The minimum absolute atomic E-state index is 0.119. The molecule has 0 unspecified atom stereocenters. The first-order chi connectivity index (χ1) is 12.4. The van der Waals surface area contributed by atoms with Gasteiger partial charge in [0.05, 0.1) is 18.4 Å². The molecular formula is C19H15ClN2O4. The maximum Gasteiger partial charge on any atom is 0.277 e. The molecule has 0 atom stereocenters. The number of amides is 3. The number of benzene rings is 2. The molecule has 0 fully saturated rings. The first-order valence-corrected chi connectivity index (χ1v) is 8.11. The van der Waals surface area contributed by atoms with Gasteiger partial charge in [0.25, 0.3) is 11.8 Å². The Kier molecular flexibility index (Phi) is 4.77. The molecule has 7 heteroatoms. The van der Waals surface area contributed by atoms with Crippen LogP contribution in [0.2, 0.25) is 0 Å². The van der Waals surface area contributed by atoms with E-state index in [2.05, 4.69) is 5.32 Å². The van der Waals surface area contributed by atoms with Crippen LogP contribution in [0.4, 0.5) is 11.4 Å². The molecule has 0 aliphatic carbocycles. The smallest absolute Gasteiger partial charge is 0.277 e. The van der Waals surface area contributed by atoms with E-state index in [0.717, 1.165) is 4.90 Å². The van der Waals surface area contributed by atoms with Gasteiger partial charge in [0, 0.05) is 18.7 Å². The van der Waals surface area contributed by atoms with Gasteiger partial charge < -0.3 is 10.1 Å². The van der Waals surface area contributed by atoms with Crippen molar-refractivity contribution in [2.24, 2.45) is 0 Å². The largest absolute Gasteiger partial charge is 0.497 e. The van der Waals surface area contributed by atoms with Gasteiger partial charge in [0.2, 0.25) is 5.91 Å². The first kappa shape index (κ1) is 17.7. The molecule has 0 radical (unpaired) electrons. The zero-order valence-corrected chi connectivity index (χ0v) is 14.8. The summed E-state index contributed by atoms with van der Waals surface area (Å²) in [5.41, 5.74) is 1.57. The number of rotatable bonds is 4. The second-order valence-electron chi connectivity index (χ2n) is 5.59. The summed E-state index contributed by atoms with van der Waals surface area (Å²) in [6, 6.07) is 13.1. The Morgan fingerprint density at radius 1 is 1.08 bits per heavy atom. The molecule has 0 saturated carbocycles. The lowest BCUT2D eigenvalue weighted by Crippen LogP contribution is -2.31. The summed E-state index contributed by atoms with van der Waals surface area (Å²) >= 11 is 6.17. The highest BCUT2D eigenvalue weighted by Crippen LogP contribution is 2.36. The van der Waals surface area contributed by atoms with Crippen LogP contribution < -0.4 is 15.0 Å². The highest BCUT2D eigenvalue weighted by molar-refractivity contribution is 6.60. The topological polar surface area (TPSA) is 75.7 Å². The Labute approximate surface area is 155 Å². The maximum atomic E-state index is 12.8. The third-order valence-corrected chi connectivity index (χ3v) is 4.18. The maximum absolute atomic E-state index is 12.8. The highest BCUT2D eigenvalue weighted by Gasteiger charge is 2.39. The molecule has 26 heavy (non-hydrogen) atoms. The summed E-state index contributed by atoms with van der Waals surface area (Å²) in [7, 11) is 1.50. The van der Waals surface area contributed by atoms with Gasteiger partial charge in [-0.1, -0.05) is 29.8 Å². The number of ether oxygens (including phenoxy) is 1. The quantitative estimate of drug-likeness (QED) is 0.839. The van der Waals surface area contributed by atoms with Crippen molar-refractivity contribution in [3.05, 3.63) is 59.1 Å². The van der Waals surface area contributed by atoms with Crippen LogP contribution in [0.5, 0.6) is 5.75 Å². The van der Waals surface area contributed by atoms with Crippen LogP contribution in [0.3, 0.4) is 0 Å². The molecule has 6 nitrogen and oxygen atoms in total. The fourth-order valence-electron chi connectivity index (χ4n) is 2.66. The van der Waals surface area contributed by atoms with Crippen LogP contribution in [0, 0.1) is 0 Å². The molecule has 0 aromatic heterocycles. The van der Waals surface area contributed by atoms with Crippen molar-refractivity contribution in [2.75, 3.05) is 17.3 Å². The third-order valence-electron chi connectivity index (χ3n) is 3.83. The number of hydrogen-bond acceptors (Lipinski definition) is 4. The fourth-order valence-corrected chi connectivity index (χ4v) is 2.94. The van der Waals surface area contributed by atoms with E-state index in [4.69, 9.17) is 16.3 Å². The van der Waals surface area contributed by atoms with Crippen LogP contribution in [0.25, 0.3) is 5.57 Å². The molecule has 0 bridgehead atoms. The lowest BCUT2D eigenvalue weighted by molar-refractivity contribution is -0.120. The van der Waals surface area contributed by atoms with Crippen molar-refractivity contribution in [3.8, 4) is 5.75 Å². The Morgan fingerprint density at radius 3 is 2.38 bits per heavy atom. The van der Waals surface area contributed by atoms with Crippen molar-refractivity contribution in [2.45, 2.75) is 6.92 Å². The van der Waals surface area contributed by atoms with Crippen molar-refractivity contribution < 1.29 is 19.1 Å². The number of methoxy groups -OCH3 is 1. The Bertz CT molecular complexity index is 935. The van der Waals surface area contributed by atoms with Gasteiger partial charge in [-0.15, -0.1) is 0 Å². The van der Waals surface area contributed by atoms with Gasteiger partial charge in [-0.2, -0.15) is 0 Å². The van der Waals surface area contributed by atoms with E-state index in [1.165, 1.54) is 14.0 Å². The zero-order chi connectivity index (χ0) is 18.8. The first-order valence-electron chi connectivity index (χ1n) is 7.73. The standard InChI is InChI=1S/C19H15ClN2O4/c1-11(23)21-13-8-6-12(7-9-13)16-17(20)19(25)22(18(16)24)14-4-3-5-15(10-14)26-2/h3-10H,1-2H3,(H,21,23). The van der Waals surface area contributed by atoms with Crippen molar-refractivity contribution in [1.82, 2.24) is 0 Å². The van der Waals surface area contributed by atoms with Crippen molar-refractivity contribution in [3.63, 3.8) is 0 Å². The predicted octanol–water partition coefficient (Wildman–Crippen LogP) is 3.18. The Morgan fingerprint density at radius 2 is 1.77 bits per heavy atom. The van der Waals surface area contributed by atoms with Crippen molar-refractivity contribution in [1.29, 1.82) is 0 Å². The molecule has 132 valence electrons. The van der Waals surface area contributed by atoms with Crippen molar-refractivity contribution >= 4 is 46.3 Å². The summed E-state index contributed by atoms with van der Waals surface area (Å²) in [4.78, 5) is 37.5. The second-order valence-corrected chi connectivity index (χ2v) is 5.97. The molecule has 0 spiro atoms. The minimum Gasteiger partial charge on any atom is -0.497 e. The third kappa shape index (κ3) is 3.19. The van der Waals surface area contributed by atoms with Crippen LogP contribution in [-0.4, -0.2) is 24.8 Å². The number of imide groups is 1. The molecule has 2 aromatic carbocycles. The average Bonchev–Trinajstić information content (AvgIpc) is 2.84. The minimum atomic E-state index is -0.592. The monoisotopic (exact) mass is 370 g/mol. The predicted molar refractivity (Wildman–Crippen MR) is 99.0 cm³/mol. The molecular weight excluding hydrogens is 356 g/mol. The lowest BCUT2D eigenvalue weighted by atomic mass is 10.1. The van der Waals surface area contributed by atoms with E-state index >= 15 is 0 Å². The number of carbonyl (C=O) groups excluding carboxylic acids is 3. The molecule has 1 heterocycles. The molecule has 1 aliphatic heterocycles. The van der Waals surface area contributed by atoms with Crippen LogP contribution in [0.15, 0.2) is 53.6 Å². The Hall–Kier alpha value is -3.12. The SMILES string of the molecule is COc1cccc(N2C(=O)C(Cl)=C(c3ccc(NC(C)=O)cc3)C2=O)c1. The van der Waals surface area contributed by atoms with E-state index in [1.807, 2.05) is 0 Å². The molecule has 2 aromatic rings. The van der Waals surface area contributed by atoms with Crippen LogP contribution in [0.1, 0.15) is 12.5 Å². The number of hydrogen-bond donors (Lipinski definition) is 1. The highest BCUT2D eigenvalue weighted by atomic mass is 35.5.